The highest BCUT2D eigenvalue weighted by atomic mass is 79.9. The maximum Gasteiger partial charge on any atom is 0.222 e. The molecule has 0 amide bonds. The van der Waals surface area contributed by atoms with E-state index in [2.05, 4.69) is 31.2 Å². The SMILES string of the molecule is ClCCCNc1ncc(Br)cn1. The van der Waals surface area contributed by atoms with E-state index in [1.165, 1.54) is 0 Å². The van der Waals surface area contributed by atoms with Gasteiger partial charge in [0.15, 0.2) is 0 Å². The van der Waals surface area contributed by atoms with Crippen molar-refractivity contribution in [3.8, 4) is 0 Å². The maximum atomic E-state index is 5.50. The Kier molecular flexibility index (Phi) is 4.32. The van der Waals surface area contributed by atoms with Crippen LogP contribution in [0, 0.1) is 0 Å². The van der Waals surface area contributed by atoms with Crippen molar-refractivity contribution < 1.29 is 0 Å². The van der Waals surface area contributed by atoms with Gasteiger partial charge in [0.05, 0.1) is 4.47 Å². The number of aromatic nitrogens is 2. The number of alkyl halides is 1. The molecule has 1 aromatic heterocycles. The van der Waals surface area contributed by atoms with Crippen molar-refractivity contribution in [3.63, 3.8) is 0 Å². The first-order valence-corrected chi connectivity index (χ1v) is 4.93. The van der Waals surface area contributed by atoms with Crippen LogP contribution < -0.4 is 5.32 Å². The van der Waals surface area contributed by atoms with Crippen LogP contribution in [0.5, 0.6) is 0 Å². The third-order valence-corrected chi connectivity index (χ3v) is 1.89. The average molecular weight is 251 g/mol. The number of rotatable bonds is 4. The minimum absolute atomic E-state index is 0.642. The normalized spacial score (nSPS) is 9.83. The molecule has 0 unspecified atom stereocenters. The number of halogens is 2. The van der Waals surface area contributed by atoms with Gasteiger partial charge in [0.2, 0.25) is 5.95 Å². The Morgan fingerprint density at radius 3 is 2.67 bits per heavy atom. The molecule has 0 atom stereocenters. The smallest absolute Gasteiger partial charge is 0.222 e. The van der Waals surface area contributed by atoms with Gasteiger partial charge < -0.3 is 5.32 Å². The molecule has 0 saturated carbocycles. The van der Waals surface area contributed by atoms with Crippen molar-refractivity contribution in [3.05, 3.63) is 16.9 Å². The molecule has 1 rings (SSSR count). The molecule has 0 aromatic carbocycles. The Morgan fingerprint density at radius 2 is 2.08 bits per heavy atom. The molecule has 1 aromatic rings. The minimum Gasteiger partial charge on any atom is -0.354 e. The molecule has 0 saturated heterocycles. The molecule has 0 spiro atoms. The summed E-state index contributed by atoms with van der Waals surface area (Å²) in [5.74, 6) is 1.30. The van der Waals surface area contributed by atoms with E-state index in [0.717, 1.165) is 17.4 Å². The van der Waals surface area contributed by atoms with Crippen LogP contribution in [-0.2, 0) is 0 Å². The summed E-state index contributed by atoms with van der Waals surface area (Å²) >= 11 is 8.76. The molecule has 0 aliphatic rings. The first kappa shape index (κ1) is 9.74. The van der Waals surface area contributed by atoms with E-state index in [1.54, 1.807) is 12.4 Å². The summed E-state index contributed by atoms with van der Waals surface area (Å²) in [4.78, 5) is 8.08. The topological polar surface area (TPSA) is 37.8 Å². The average Bonchev–Trinajstić information content (AvgIpc) is 2.09. The molecule has 66 valence electrons. The van der Waals surface area contributed by atoms with Crippen molar-refractivity contribution in [2.45, 2.75) is 6.42 Å². The van der Waals surface area contributed by atoms with Gasteiger partial charge in [-0.05, 0) is 22.4 Å². The summed E-state index contributed by atoms with van der Waals surface area (Å²) in [6.45, 7) is 0.811. The molecule has 0 radical (unpaired) electrons. The Bertz CT molecular complexity index is 227. The second kappa shape index (κ2) is 5.32. The van der Waals surface area contributed by atoms with Gasteiger partial charge in [-0.1, -0.05) is 0 Å². The minimum atomic E-state index is 0.642. The highest BCUT2D eigenvalue weighted by Crippen LogP contribution is 2.06. The molecule has 1 N–H and O–H groups in total. The van der Waals surface area contributed by atoms with Crippen LogP contribution in [0.15, 0.2) is 16.9 Å². The molecule has 12 heavy (non-hydrogen) atoms. The second-order valence-corrected chi connectivity index (χ2v) is 3.49. The summed E-state index contributed by atoms with van der Waals surface area (Å²) < 4.78 is 0.880. The van der Waals surface area contributed by atoms with Gasteiger partial charge >= 0.3 is 0 Å². The molecule has 0 aliphatic heterocycles. The van der Waals surface area contributed by atoms with E-state index in [0.29, 0.717) is 11.8 Å². The number of anilines is 1. The van der Waals surface area contributed by atoms with Crippen molar-refractivity contribution in [1.82, 2.24) is 9.97 Å². The summed E-state index contributed by atoms with van der Waals surface area (Å²) in [5.41, 5.74) is 0. The number of hydrogen-bond donors (Lipinski definition) is 1. The van der Waals surface area contributed by atoms with Crippen molar-refractivity contribution in [2.75, 3.05) is 17.7 Å². The van der Waals surface area contributed by atoms with Crippen molar-refractivity contribution in [2.24, 2.45) is 0 Å². The largest absolute Gasteiger partial charge is 0.354 e. The fraction of sp³-hybridized carbons (Fsp3) is 0.429. The molecular weight excluding hydrogens is 241 g/mol. The lowest BCUT2D eigenvalue weighted by Gasteiger charge is -2.01. The first-order valence-electron chi connectivity index (χ1n) is 3.60. The first-order chi connectivity index (χ1) is 5.83. The second-order valence-electron chi connectivity index (χ2n) is 2.19. The highest BCUT2D eigenvalue weighted by molar-refractivity contribution is 9.10. The zero-order valence-corrected chi connectivity index (χ0v) is 8.77. The van der Waals surface area contributed by atoms with E-state index in [-0.39, 0.29) is 0 Å². The van der Waals surface area contributed by atoms with Crippen LogP contribution in [0.25, 0.3) is 0 Å². The fourth-order valence-corrected chi connectivity index (χ4v) is 1.01. The Morgan fingerprint density at radius 1 is 1.42 bits per heavy atom. The lowest BCUT2D eigenvalue weighted by atomic mass is 10.5. The summed E-state index contributed by atoms with van der Waals surface area (Å²) in [7, 11) is 0. The monoisotopic (exact) mass is 249 g/mol. The van der Waals surface area contributed by atoms with E-state index in [1.807, 2.05) is 0 Å². The predicted molar refractivity (Wildman–Crippen MR) is 53.6 cm³/mol. The standard InChI is InChI=1S/C7H9BrClN3/c8-6-4-11-7(12-5-6)10-3-1-2-9/h4-5H,1-3H2,(H,10,11,12). The summed E-state index contributed by atoms with van der Waals surface area (Å²) in [6, 6.07) is 0. The zero-order valence-electron chi connectivity index (χ0n) is 6.43. The van der Waals surface area contributed by atoms with Crippen LogP contribution in [0.3, 0.4) is 0 Å². The predicted octanol–water partition coefficient (Wildman–Crippen LogP) is 2.28. The molecule has 0 fully saturated rings. The van der Waals surface area contributed by atoms with Gasteiger partial charge in [0.25, 0.3) is 0 Å². The van der Waals surface area contributed by atoms with Gasteiger partial charge in [-0.15, -0.1) is 11.6 Å². The lowest BCUT2D eigenvalue weighted by Crippen LogP contribution is -2.05. The quantitative estimate of drug-likeness (QED) is 0.658. The Labute approximate surface area is 84.7 Å². The fourth-order valence-electron chi connectivity index (χ4n) is 0.671. The zero-order chi connectivity index (χ0) is 8.81. The van der Waals surface area contributed by atoms with Crippen molar-refractivity contribution in [1.29, 1.82) is 0 Å². The van der Waals surface area contributed by atoms with Crippen LogP contribution in [-0.4, -0.2) is 22.4 Å². The summed E-state index contributed by atoms with van der Waals surface area (Å²) in [6.07, 6.45) is 4.33. The molecule has 3 nitrogen and oxygen atoms in total. The van der Waals surface area contributed by atoms with E-state index in [4.69, 9.17) is 11.6 Å². The molecular formula is C7H9BrClN3. The number of nitrogens with one attached hydrogen (secondary N) is 1. The summed E-state index contributed by atoms with van der Waals surface area (Å²) in [5, 5.41) is 3.05. The van der Waals surface area contributed by atoms with E-state index in [9.17, 15) is 0 Å². The van der Waals surface area contributed by atoms with Crippen LogP contribution >= 0.6 is 27.5 Å². The van der Waals surface area contributed by atoms with E-state index >= 15 is 0 Å². The van der Waals surface area contributed by atoms with Crippen molar-refractivity contribution >= 4 is 33.5 Å². The molecule has 0 bridgehead atoms. The van der Waals surface area contributed by atoms with Gasteiger partial charge in [0.1, 0.15) is 0 Å². The van der Waals surface area contributed by atoms with Crippen LogP contribution in [0.4, 0.5) is 5.95 Å². The lowest BCUT2D eigenvalue weighted by molar-refractivity contribution is 0.957. The van der Waals surface area contributed by atoms with Gasteiger partial charge in [-0.3, -0.25) is 0 Å². The van der Waals surface area contributed by atoms with Gasteiger partial charge in [0, 0.05) is 24.8 Å². The van der Waals surface area contributed by atoms with E-state index < -0.39 is 0 Å². The van der Waals surface area contributed by atoms with Crippen LogP contribution in [0.1, 0.15) is 6.42 Å². The number of hydrogen-bond acceptors (Lipinski definition) is 3. The van der Waals surface area contributed by atoms with Gasteiger partial charge in [-0.25, -0.2) is 9.97 Å². The van der Waals surface area contributed by atoms with Crippen LogP contribution in [0.2, 0.25) is 0 Å². The molecule has 0 aliphatic carbocycles. The van der Waals surface area contributed by atoms with Gasteiger partial charge in [-0.2, -0.15) is 0 Å². The maximum absolute atomic E-state index is 5.50. The Hall–Kier alpha value is -0.350. The molecule has 1 heterocycles. The Balaban J connectivity index is 2.37. The third-order valence-electron chi connectivity index (χ3n) is 1.21. The third kappa shape index (κ3) is 3.36. The molecule has 5 heteroatoms. The number of nitrogens with zero attached hydrogens (tertiary/aromatic N) is 2. The highest BCUT2D eigenvalue weighted by Gasteiger charge is 1.93.